The van der Waals surface area contributed by atoms with Crippen LogP contribution in [0.5, 0.6) is 0 Å². The van der Waals surface area contributed by atoms with Crippen molar-refractivity contribution in [3.05, 3.63) is 53.9 Å². The minimum absolute atomic E-state index is 0.458. The summed E-state index contributed by atoms with van der Waals surface area (Å²) in [6, 6.07) is 2.03. The standard InChI is InChI=1S/C15H19N3/c1-5-6-14(7-13(4)8-16)10-18-11-15(9-17-18)12(2)3/h5-7,9,11-12H,4,10H2,1-3H3/b6-5-,14-7+. The molecule has 1 aromatic rings. The maximum atomic E-state index is 8.75. The summed E-state index contributed by atoms with van der Waals surface area (Å²) in [6.07, 6.45) is 9.63. The Balaban J connectivity index is 2.87. The molecule has 3 heteroatoms. The highest BCUT2D eigenvalue weighted by molar-refractivity contribution is 5.36. The molecule has 0 unspecified atom stereocenters. The van der Waals surface area contributed by atoms with Crippen LogP contribution < -0.4 is 0 Å². The Bertz CT molecular complexity index is 510. The molecule has 1 aromatic heterocycles. The van der Waals surface area contributed by atoms with E-state index in [0.717, 1.165) is 5.57 Å². The highest BCUT2D eigenvalue weighted by Crippen LogP contribution is 2.13. The third-order valence-corrected chi connectivity index (χ3v) is 2.55. The zero-order valence-corrected chi connectivity index (χ0v) is 11.2. The molecule has 0 fully saturated rings. The van der Waals surface area contributed by atoms with Gasteiger partial charge < -0.3 is 0 Å². The van der Waals surface area contributed by atoms with Gasteiger partial charge >= 0.3 is 0 Å². The van der Waals surface area contributed by atoms with E-state index >= 15 is 0 Å². The summed E-state index contributed by atoms with van der Waals surface area (Å²) in [6.45, 7) is 10.6. The Morgan fingerprint density at radius 3 is 2.83 bits per heavy atom. The van der Waals surface area contributed by atoms with E-state index in [9.17, 15) is 0 Å². The van der Waals surface area contributed by atoms with E-state index in [0.29, 0.717) is 18.0 Å². The van der Waals surface area contributed by atoms with Gasteiger partial charge in [0.2, 0.25) is 0 Å². The Morgan fingerprint density at radius 1 is 1.61 bits per heavy atom. The minimum Gasteiger partial charge on any atom is -0.268 e. The topological polar surface area (TPSA) is 41.6 Å². The Hall–Kier alpha value is -2.08. The highest BCUT2D eigenvalue weighted by Gasteiger charge is 2.03. The van der Waals surface area contributed by atoms with Crippen molar-refractivity contribution in [2.75, 3.05) is 0 Å². The molecule has 0 bridgehead atoms. The lowest BCUT2D eigenvalue weighted by atomic mass is 10.1. The quantitative estimate of drug-likeness (QED) is 0.584. The summed E-state index contributed by atoms with van der Waals surface area (Å²) in [4.78, 5) is 0. The van der Waals surface area contributed by atoms with E-state index in [1.807, 2.05) is 42.2 Å². The van der Waals surface area contributed by atoms with Gasteiger partial charge in [0.25, 0.3) is 0 Å². The second-order valence-corrected chi connectivity index (χ2v) is 4.48. The number of hydrogen-bond donors (Lipinski definition) is 0. The molecule has 0 saturated carbocycles. The summed E-state index contributed by atoms with van der Waals surface area (Å²) in [5, 5.41) is 13.1. The van der Waals surface area contributed by atoms with Crippen molar-refractivity contribution in [1.29, 1.82) is 5.26 Å². The van der Waals surface area contributed by atoms with Crippen LogP contribution in [0.4, 0.5) is 0 Å². The van der Waals surface area contributed by atoms with Crippen LogP contribution in [-0.4, -0.2) is 9.78 Å². The van der Waals surface area contributed by atoms with Crippen molar-refractivity contribution in [1.82, 2.24) is 9.78 Å². The van der Waals surface area contributed by atoms with Crippen LogP contribution in [0.3, 0.4) is 0 Å². The monoisotopic (exact) mass is 241 g/mol. The van der Waals surface area contributed by atoms with Crippen LogP contribution in [0.1, 0.15) is 32.3 Å². The van der Waals surface area contributed by atoms with Gasteiger partial charge in [-0.3, -0.25) is 4.68 Å². The fourth-order valence-corrected chi connectivity index (χ4v) is 1.57. The van der Waals surface area contributed by atoms with Crippen molar-refractivity contribution in [3.63, 3.8) is 0 Å². The molecule has 0 amide bonds. The summed E-state index contributed by atoms with van der Waals surface area (Å²) in [7, 11) is 0. The first-order valence-electron chi connectivity index (χ1n) is 6.01. The third kappa shape index (κ3) is 4.06. The maximum Gasteiger partial charge on any atom is 0.0985 e. The number of nitriles is 1. The van der Waals surface area contributed by atoms with E-state index in [1.54, 1.807) is 6.08 Å². The Labute approximate surface area is 109 Å². The maximum absolute atomic E-state index is 8.75. The molecule has 0 N–H and O–H groups in total. The molecular formula is C15H19N3. The average molecular weight is 241 g/mol. The summed E-state index contributed by atoms with van der Waals surface area (Å²) in [5.41, 5.74) is 2.69. The second-order valence-electron chi connectivity index (χ2n) is 4.48. The van der Waals surface area contributed by atoms with Crippen LogP contribution in [0, 0.1) is 11.3 Å². The van der Waals surface area contributed by atoms with Crippen LogP contribution in [-0.2, 0) is 6.54 Å². The van der Waals surface area contributed by atoms with E-state index in [-0.39, 0.29) is 0 Å². The zero-order valence-electron chi connectivity index (χ0n) is 11.2. The van der Waals surface area contributed by atoms with E-state index in [2.05, 4.69) is 25.5 Å². The van der Waals surface area contributed by atoms with E-state index < -0.39 is 0 Å². The average Bonchev–Trinajstić information content (AvgIpc) is 2.77. The van der Waals surface area contributed by atoms with Crippen molar-refractivity contribution in [2.24, 2.45) is 0 Å². The fraction of sp³-hybridized carbons (Fsp3) is 0.333. The SMILES string of the molecule is C=C(C#N)/C=C(\C=C/C)Cn1cc(C(C)C)cn1. The van der Waals surface area contributed by atoms with Gasteiger partial charge in [0.1, 0.15) is 0 Å². The van der Waals surface area contributed by atoms with Crippen molar-refractivity contribution in [3.8, 4) is 6.07 Å². The van der Waals surface area contributed by atoms with Crippen LogP contribution in [0.15, 0.2) is 48.3 Å². The smallest absolute Gasteiger partial charge is 0.0985 e. The van der Waals surface area contributed by atoms with E-state index in [4.69, 9.17) is 5.26 Å². The van der Waals surface area contributed by atoms with Gasteiger partial charge in [-0.05, 0) is 30.1 Å². The molecular weight excluding hydrogens is 222 g/mol. The number of allylic oxidation sites excluding steroid dienone is 5. The summed E-state index contributed by atoms with van der Waals surface area (Å²) >= 11 is 0. The number of hydrogen-bond acceptors (Lipinski definition) is 2. The molecule has 3 nitrogen and oxygen atoms in total. The summed E-state index contributed by atoms with van der Waals surface area (Å²) in [5.74, 6) is 0.474. The lowest BCUT2D eigenvalue weighted by molar-refractivity contribution is 0.684. The first-order chi connectivity index (χ1) is 8.56. The van der Waals surface area contributed by atoms with Crippen LogP contribution in [0.2, 0.25) is 0 Å². The predicted molar refractivity (Wildman–Crippen MR) is 74.0 cm³/mol. The molecule has 0 atom stereocenters. The molecule has 0 aliphatic carbocycles. The lowest BCUT2D eigenvalue weighted by Gasteiger charge is -2.03. The molecule has 0 aromatic carbocycles. The summed E-state index contributed by atoms with van der Waals surface area (Å²) < 4.78 is 1.88. The fourth-order valence-electron chi connectivity index (χ4n) is 1.57. The molecule has 1 heterocycles. The molecule has 94 valence electrons. The Kier molecular flexibility index (Phi) is 5.13. The van der Waals surface area contributed by atoms with Crippen LogP contribution >= 0.6 is 0 Å². The number of aromatic nitrogens is 2. The van der Waals surface area contributed by atoms with Crippen molar-refractivity contribution < 1.29 is 0 Å². The van der Waals surface area contributed by atoms with Gasteiger partial charge in [0.15, 0.2) is 0 Å². The molecule has 0 saturated heterocycles. The largest absolute Gasteiger partial charge is 0.268 e. The minimum atomic E-state index is 0.458. The van der Waals surface area contributed by atoms with Gasteiger partial charge in [-0.2, -0.15) is 10.4 Å². The molecule has 0 aliphatic rings. The van der Waals surface area contributed by atoms with Gasteiger partial charge in [0, 0.05) is 11.8 Å². The number of nitrogens with zero attached hydrogens (tertiary/aromatic N) is 3. The van der Waals surface area contributed by atoms with Gasteiger partial charge in [-0.25, -0.2) is 0 Å². The molecule has 1 rings (SSSR count). The Morgan fingerprint density at radius 2 is 2.33 bits per heavy atom. The van der Waals surface area contributed by atoms with Gasteiger partial charge in [-0.1, -0.05) is 32.6 Å². The van der Waals surface area contributed by atoms with Gasteiger partial charge in [0.05, 0.1) is 18.8 Å². The van der Waals surface area contributed by atoms with Crippen LogP contribution in [0.25, 0.3) is 0 Å². The molecule has 0 spiro atoms. The van der Waals surface area contributed by atoms with Gasteiger partial charge in [-0.15, -0.1) is 0 Å². The first kappa shape index (κ1) is 14.0. The predicted octanol–water partition coefficient (Wildman–Crippen LogP) is 3.59. The normalized spacial score (nSPS) is 12.1. The second kappa shape index (κ2) is 6.61. The number of rotatable bonds is 5. The van der Waals surface area contributed by atoms with E-state index in [1.165, 1.54) is 5.56 Å². The molecule has 18 heavy (non-hydrogen) atoms. The van der Waals surface area contributed by atoms with Crippen molar-refractivity contribution in [2.45, 2.75) is 33.2 Å². The molecule has 0 radical (unpaired) electrons. The zero-order chi connectivity index (χ0) is 13.5. The third-order valence-electron chi connectivity index (χ3n) is 2.55. The van der Waals surface area contributed by atoms with Crippen molar-refractivity contribution >= 4 is 0 Å². The highest BCUT2D eigenvalue weighted by atomic mass is 15.3. The lowest BCUT2D eigenvalue weighted by Crippen LogP contribution is -2.00. The first-order valence-corrected chi connectivity index (χ1v) is 6.01. The molecule has 0 aliphatic heterocycles.